The van der Waals surface area contributed by atoms with E-state index in [0.29, 0.717) is 5.56 Å². The third-order valence-corrected chi connectivity index (χ3v) is 2.02. The topological polar surface area (TPSA) is 72.7 Å². The first-order valence-corrected chi connectivity index (χ1v) is 3.91. The number of phenolic OH excluding ortho intramolecular Hbond substituents is 2. The summed E-state index contributed by atoms with van der Waals surface area (Å²) >= 11 is 0. The fourth-order valence-electron chi connectivity index (χ4n) is 0.971. The smallest absolute Gasteiger partial charge is 0.157 e. The van der Waals surface area contributed by atoms with E-state index in [9.17, 15) is 10.2 Å². The number of nitrogens with one attached hydrogen (secondary N) is 1. The molecule has 0 saturated heterocycles. The van der Waals surface area contributed by atoms with Gasteiger partial charge in [0.25, 0.3) is 0 Å². The summed E-state index contributed by atoms with van der Waals surface area (Å²) in [5, 5.41) is 30.6. The first-order valence-electron chi connectivity index (χ1n) is 3.91. The number of hydrogen-bond acceptors (Lipinski definition) is 4. The van der Waals surface area contributed by atoms with Gasteiger partial charge in [-0.15, -0.1) is 0 Å². The monoisotopic (exact) mass is 183 g/mol. The molecule has 1 atom stereocenters. The van der Waals surface area contributed by atoms with E-state index in [4.69, 9.17) is 5.11 Å². The van der Waals surface area contributed by atoms with Crippen LogP contribution in [0.25, 0.3) is 0 Å². The Morgan fingerprint density at radius 2 is 1.85 bits per heavy atom. The Labute approximate surface area is 76.5 Å². The summed E-state index contributed by atoms with van der Waals surface area (Å²) in [6.07, 6.45) is 0. The molecule has 4 heteroatoms. The van der Waals surface area contributed by atoms with Gasteiger partial charge < -0.3 is 15.3 Å². The van der Waals surface area contributed by atoms with Gasteiger partial charge in [-0.3, -0.25) is 5.32 Å². The maximum absolute atomic E-state index is 9.71. The van der Waals surface area contributed by atoms with Crippen LogP contribution in [0, 0.1) is 0 Å². The van der Waals surface area contributed by atoms with E-state index in [1.807, 2.05) is 0 Å². The van der Waals surface area contributed by atoms with Crippen molar-refractivity contribution in [2.75, 3.05) is 7.05 Å². The third-order valence-electron chi connectivity index (χ3n) is 2.02. The first kappa shape index (κ1) is 9.83. The minimum Gasteiger partial charge on any atom is -0.504 e. The lowest BCUT2D eigenvalue weighted by Crippen LogP contribution is -2.36. The molecule has 0 amide bonds. The summed E-state index contributed by atoms with van der Waals surface area (Å²) in [5.74, 6) is -0.441. The normalized spacial score (nSPS) is 15.3. The molecule has 0 radical (unpaired) electrons. The number of rotatable bonds is 2. The van der Waals surface area contributed by atoms with E-state index in [2.05, 4.69) is 5.32 Å². The third kappa shape index (κ3) is 1.91. The van der Waals surface area contributed by atoms with Crippen LogP contribution in [0.3, 0.4) is 0 Å². The Bertz CT molecular complexity index is 310. The molecule has 13 heavy (non-hydrogen) atoms. The molecule has 0 saturated carbocycles. The molecule has 72 valence electrons. The summed E-state index contributed by atoms with van der Waals surface area (Å²) < 4.78 is 0. The van der Waals surface area contributed by atoms with E-state index in [-0.39, 0.29) is 11.5 Å². The fraction of sp³-hybridized carbons (Fsp3) is 0.333. The summed E-state index contributed by atoms with van der Waals surface area (Å²) in [6, 6.07) is 4.17. The van der Waals surface area contributed by atoms with Crippen molar-refractivity contribution in [3.8, 4) is 11.5 Å². The van der Waals surface area contributed by atoms with E-state index >= 15 is 0 Å². The zero-order chi connectivity index (χ0) is 10.1. The van der Waals surface area contributed by atoms with Crippen molar-refractivity contribution in [3.63, 3.8) is 0 Å². The summed E-state index contributed by atoms with van der Waals surface area (Å²) in [5.41, 5.74) is -0.712. The van der Waals surface area contributed by atoms with E-state index in [1.54, 1.807) is 14.0 Å². The molecule has 0 aromatic heterocycles. The number of hydrogen-bond donors (Lipinski definition) is 4. The van der Waals surface area contributed by atoms with Gasteiger partial charge in [0.15, 0.2) is 11.5 Å². The summed E-state index contributed by atoms with van der Waals surface area (Å²) in [4.78, 5) is 0. The van der Waals surface area contributed by atoms with Crippen molar-refractivity contribution in [2.24, 2.45) is 0 Å². The number of benzene rings is 1. The van der Waals surface area contributed by atoms with Crippen molar-refractivity contribution in [2.45, 2.75) is 12.6 Å². The van der Waals surface area contributed by atoms with Gasteiger partial charge in [0.05, 0.1) is 0 Å². The van der Waals surface area contributed by atoms with Gasteiger partial charge in [0, 0.05) is 5.56 Å². The van der Waals surface area contributed by atoms with Gasteiger partial charge in [-0.1, -0.05) is 6.07 Å². The van der Waals surface area contributed by atoms with Crippen LogP contribution in [0.15, 0.2) is 18.2 Å². The zero-order valence-electron chi connectivity index (χ0n) is 7.57. The Hall–Kier alpha value is -1.26. The van der Waals surface area contributed by atoms with Crippen LogP contribution in [-0.4, -0.2) is 22.4 Å². The quantitative estimate of drug-likeness (QED) is 0.397. The summed E-state index contributed by atoms with van der Waals surface area (Å²) in [7, 11) is 1.60. The fourth-order valence-corrected chi connectivity index (χ4v) is 0.971. The zero-order valence-corrected chi connectivity index (χ0v) is 7.57. The van der Waals surface area contributed by atoms with Crippen molar-refractivity contribution in [1.82, 2.24) is 5.32 Å². The lowest BCUT2D eigenvalue weighted by Gasteiger charge is -2.23. The lowest BCUT2D eigenvalue weighted by molar-refractivity contribution is 0.0280. The Morgan fingerprint density at radius 3 is 2.31 bits per heavy atom. The molecular weight excluding hydrogens is 170 g/mol. The van der Waals surface area contributed by atoms with E-state index in [1.165, 1.54) is 18.2 Å². The molecule has 1 aromatic rings. The molecule has 4 nitrogen and oxygen atoms in total. The second-order valence-corrected chi connectivity index (χ2v) is 3.03. The first-order chi connectivity index (χ1) is 5.97. The molecule has 0 unspecified atom stereocenters. The standard InChI is InChI=1S/C9H13NO3/c1-9(13,10-2)6-3-4-7(11)8(12)5-6/h3-5,10-13H,1-2H3/t9-/m0/s1. The van der Waals surface area contributed by atoms with Crippen LogP contribution < -0.4 is 5.32 Å². The van der Waals surface area contributed by atoms with Gasteiger partial charge in [0.1, 0.15) is 5.72 Å². The molecule has 0 aliphatic rings. The highest BCUT2D eigenvalue weighted by atomic mass is 16.3. The molecule has 1 aromatic carbocycles. The van der Waals surface area contributed by atoms with Crippen LogP contribution in [0.2, 0.25) is 0 Å². The van der Waals surface area contributed by atoms with Gasteiger partial charge in [0.2, 0.25) is 0 Å². The minimum absolute atomic E-state index is 0.198. The van der Waals surface area contributed by atoms with Crippen LogP contribution in [-0.2, 0) is 5.72 Å². The molecule has 0 spiro atoms. The molecule has 0 aliphatic carbocycles. The SMILES string of the molecule is CN[C@@](C)(O)c1ccc(O)c(O)c1. The van der Waals surface area contributed by atoms with Gasteiger partial charge in [-0.05, 0) is 26.1 Å². The number of phenols is 2. The Balaban J connectivity index is 3.10. The second kappa shape index (κ2) is 3.24. The molecular formula is C9H13NO3. The average molecular weight is 183 g/mol. The number of aromatic hydroxyl groups is 2. The molecule has 0 heterocycles. The van der Waals surface area contributed by atoms with Crippen molar-refractivity contribution >= 4 is 0 Å². The number of aliphatic hydroxyl groups is 1. The van der Waals surface area contributed by atoms with Crippen LogP contribution >= 0.6 is 0 Å². The molecule has 4 N–H and O–H groups in total. The second-order valence-electron chi connectivity index (χ2n) is 3.03. The minimum atomic E-state index is -1.20. The Kier molecular flexibility index (Phi) is 2.45. The highest BCUT2D eigenvalue weighted by Gasteiger charge is 2.20. The highest BCUT2D eigenvalue weighted by molar-refractivity contribution is 5.42. The van der Waals surface area contributed by atoms with E-state index in [0.717, 1.165) is 0 Å². The lowest BCUT2D eigenvalue weighted by atomic mass is 10.0. The Morgan fingerprint density at radius 1 is 1.23 bits per heavy atom. The maximum atomic E-state index is 9.71. The van der Waals surface area contributed by atoms with Crippen LogP contribution in [0.4, 0.5) is 0 Å². The molecule has 0 fully saturated rings. The van der Waals surface area contributed by atoms with Crippen molar-refractivity contribution in [3.05, 3.63) is 23.8 Å². The predicted octanol–water partition coefficient (Wildman–Crippen LogP) is 0.482. The summed E-state index contributed by atoms with van der Waals surface area (Å²) in [6.45, 7) is 1.55. The largest absolute Gasteiger partial charge is 0.504 e. The molecule has 0 aliphatic heterocycles. The van der Waals surface area contributed by atoms with Crippen LogP contribution in [0.1, 0.15) is 12.5 Å². The van der Waals surface area contributed by atoms with Crippen LogP contribution in [0.5, 0.6) is 11.5 Å². The van der Waals surface area contributed by atoms with Gasteiger partial charge in [-0.25, -0.2) is 0 Å². The average Bonchev–Trinajstić information content (AvgIpc) is 2.09. The van der Waals surface area contributed by atoms with Gasteiger partial charge >= 0.3 is 0 Å². The van der Waals surface area contributed by atoms with Crippen molar-refractivity contribution in [1.29, 1.82) is 0 Å². The molecule has 1 rings (SSSR count). The maximum Gasteiger partial charge on any atom is 0.157 e. The van der Waals surface area contributed by atoms with Gasteiger partial charge in [-0.2, -0.15) is 0 Å². The van der Waals surface area contributed by atoms with Crippen molar-refractivity contribution < 1.29 is 15.3 Å². The highest BCUT2D eigenvalue weighted by Crippen LogP contribution is 2.28. The molecule has 0 bridgehead atoms. The predicted molar refractivity (Wildman–Crippen MR) is 48.4 cm³/mol. The van der Waals surface area contributed by atoms with E-state index < -0.39 is 5.72 Å².